The Hall–Kier alpha value is 1.39. The molecule has 0 fully saturated rings. The standard InChI is InChI=1S/Gd.H2O3S/c;1-4(2)3/h;(H2,1,2,3)/p-1. The third-order valence-corrected chi connectivity index (χ3v) is 0. The Kier molecular flexibility index (Phi) is 10.4. The van der Waals surface area contributed by atoms with Crippen LogP contribution in [0.25, 0.3) is 0 Å². The number of hydrogen-bond acceptors (Lipinski definition) is 2. The summed E-state index contributed by atoms with van der Waals surface area (Å²) in [6.45, 7) is 0. The van der Waals surface area contributed by atoms with Gasteiger partial charge < -0.3 is 9.11 Å². The van der Waals surface area contributed by atoms with Crippen LogP contribution in [0.4, 0.5) is 0 Å². The van der Waals surface area contributed by atoms with Crippen molar-refractivity contribution in [3.05, 3.63) is 0 Å². The minimum atomic E-state index is -2.86. The van der Waals surface area contributed by atoms with Crippen molar-refractivity contribution >= 4 is 11.4 Å². The van der Waals surface area contributed by atoms with E-state index in [4.69, 9.17) is 13.3 Å². The topological polar surface area (TPSA) is 60.4 Å². The van der Waals surface area contributed by atoms with Gasteiger partial charge in [0, 0.05) is 39.9 Å². The van der Waals surface area contributed by atoms with E-state index in [1.807, 2.05) is 0 Å². The monoisotopic (exact) mass is 239 g/mol. The molecule has 5 heavy (non-hydrogen) atoms. The average molecular weight is 238 g/mol. The summed E-state index contributed by atoms with van der Waals surface area (Å²) in [6, 6.07) is 0. The smallest absolute Gasteiger partial charge is 0.0814 e. The molecule has 0 radical (unpaired) electrons. The van der Waals surface area contributed by atoms with Crippen molar-refractivity contribution in [2.75, 3.05) is 0 Å². The van der Waals surface area contributed by atoms with Gasteiger partial charge in [0.2, 0.25) is 0 Å². The molecule has 0 aromatic carbocycles. The third-order valence-electron chi connectivity index (χ3n) is 0. The summed E-state index contributed by atoms with van der Waals surface area (Å²) >= 11 is -2.86. The molecule has 0 aliphatic rings. The van der Waals surface area contributed by atoms with E-state index in [0.29, 0.717) is 0 Å². The second-order valence-electron chi connectivity index (χ2n) is 0.217. The zero-order valence-electron chi connectivity index (χ0n) is 2.03. The summed E-state index contributed by atoms with van der Waals surface area (Å²) in [5.74, 6) is 0. The minimum Gasteiger partial charge on any atom is -0.750 e. The first-order valence-corrected chi connectivity index (χ1v) is 1.55. The molecular weight excluding hydrogens is 237 g/mol. The van der Waals surface area contributed by atoms with Gasteiger partial charge in [0.1, 0.15) is 0 Å². The summed E-state index contributed by atoms with van der Waals surface area (Å²) < 4.78 is 24.1. The van der Waals surface area contributed by atoms with Gasteiger partial charge in [-0.15, -0.1) is 0 Å². The van der Waals surface area contributed by atoms with Gasteiger partial charge in [-0.25, -0.2) is 4.21 Å². The SMILES string of the molecule is O=S([O-])O.[Gd]. The van der Waals surface area contributed by atoms with E-state index in [0.717, 1.165) is 0 Å². The Morgan fingerprint density at radius 2 is 1.80 bits per heavy atom. The van der Waals surface area contributed by atoms with Crippen molar-refractivity contribution in [1.29, 1.82) is 0 Å². The van der Waals surface area contributed by atoms with E-state index in [9.17, 15) is 0 Å². The second-order valence-corrected chi connectivity index (χ2v) is 0.651. The van der Waals surface area contributed by atoms with Crippen molar-refractivity contribution in [1.82, 2.24) is 0 Å². The molecular formula is HGdO3S-. The first kappa shape index (κ1) is 9.64. The normalized spacial score (nSPS) is 12.4. The maximum Gasteiger partial charge on any atom is 0.0814 e. The van der Waals surface area contributed by atoms with Crippen LogP contribution in [0.15, 0.2) is 0 Å². The predicted octanol–water partition coefficient (Wildman–Crippen LogP) is -0.661. The quantitative estimate of drug-likeness (QED) is 0.570. The van der Waals surface area contributed by atoms with Crippen LogP contribution < -0.4 is 0 Å². The van der Waals surface area contributed by atoms with Crippen LogP contribution in [0.2, 0.25) is 0 Å². The Bertz CT molecular complexity index is 29.9. The summed E-state index contributed by atoms with van der Waals surface area (Å²) in [6.07, 6.45) is 0. The van der Waals surface area contributed by atoms with Crippen molar-refractivity contribution in [2.24, 2.45) is 0 Å². The molecule has 1 atom stereocenters. The summed E-state index contributed by atoms with van der Waals surface area (Å²) in [4.78, 5) is 0. The van der Waals surface area contributed by atoms with Crippen LogP contribution in [-0.4, -0.2) is 13.3 Å². The molecule has 1 unspecified atom stereocenters. The van der Waals surface area contributed by atoms with Crippen LogP contribution in [0.1, 0.15) is 0 Å². The predicted molar refractivity (Wildman–Crippen MR) is 11.5 cm³/mol. The molecule has 0 spiro atoms. The van der Waals surface area contributed by atoms with E-state index in [1.165, 1.54) is 0 Å². The van der Waals surface area contributed by atoms with Gasteiger partial charge in [0.25, 0.3) is 0 Å². The van der Waals surface area contributed by atoms with Gasteiger partial charge >= 0.3 is 0 Å². The molecule has 0 rings (SSSR count). The molecule has 1 N–H and O–H groups in total. The largest absolute Gasteiger partial charge is 0.750 e. The Morgan fingerprint density at radius 1 is 1.80 bits per heavy atom. The first-order chi connectivity index (χ1) is 1.73. The van der Waals surface area contributed by atoms with E-state index in [1.54, 1.807) is 0 Å². The van der Waals surface area contributed by atoms with E-state index < -0.39 is 11.4 Å². The molecule has 5 heteroatoms. The van der Waals surface area contributed by atoms with Gasteiger partial charge in [-0.1, -0.05) is 0 Å². The zero-order chi connectivity index (χ0) is 3.58. The fourth-order valence-corrected chi connectivity index (χ4v) is 0. The van der Waals surface area contributed by atoms with Crippen LogP contribution >= 0.6 is 0 Å². The van der Waals surface area contributed by atoms with Crippen molar-refractivity contribution in [3.63, 3.8) is 0 Å². The maximum absolute atomic E-state index is 8.56. The maximum atomic E-state index is 8.56. The molecule has 0 amide bonds. The fraction of sp³-hybridized carbons (Fsp3) is 0. The van der Waals surface area contributed by atoms with E-state index in [2.05, 4.69) is 0 Å². The second kappa shape index (κ2) is 5.39. The van der Waals surface area contributed by atoms with Gasteiger partial charge in [-0.3, -0.25) is 0 Å². The van der Waals surface area contributed by atoms with E-state index >= 15 is 0 Å². The molecule has 0 bridgehead atoms. The number of rotatable bonds is 0. The minimum absolute atomic E-state index is 0. The van der Waals surface area contributed by atoms with Crippen molar-refractivity contribution < 1.29 is 53.3 Å². The number of hydrogen-bond donors (Lipinski definition) is 1. The Morgan fingerprint density at radius 3 is 1.80 bits per heavy atom. The molecule has 0 heterocycles. The van der Waals surface area contributed by atoms with Crippen LogP contribution in [0.5, 0.6) is 0 Å². The van der Waals surface area contributed by atoms with Crippen molar-refractivity contribution in [3.8, 4) is 0 Å². The average Bonchev–Trinajstić information content (AvgIpc) is 0.811. The van der Waals surface area contributed by atoms with Gasteiger partial charge in [-0.05, 0) is 0 Å². The van der Waals surface area contributed by atoms with E-state index in [-0.39, 0.29) is 39.9 Å². The zero-order valence-corrected chi connectivity index (χ0v) is 5.11. The molecule has 34 valence electrons. The molecule has 0 aliphatic carbocycles. The van der Waals surface area contributed by atoms with Gasteiger partial charge in [0.15, 0.2) is 0 Å². The van der Waals surface area contributed by atoms with Crippen molar-refractivity contribution in [2.45, 2.75) is 0 Å². The summed E-state index contributed by atoms with van der Waals surface area (Å²) in [5, 5.41) is 0. The Balaban J connectivity index is 0. The van der Waals surface area contributed by atoms with Crippen LogP contribution in [-0.2, 0) is 11.4 Å². The molecule has 0 aliphatic heterocycles. The molecule has 3 nitrogen and oxygen atoms in total. The first-order valence-electron chi connectivity index (χ1n) is 0.516. The fourth-order valence-electron chi connectivity index (χ4n) is 0. The molecule has 0 saturated heterocycles. The summed E-state index contributed by atoms with van der Waals surface area (Å²) in [5.41, 5.74) is 0. The van der Waals surface area contributed by atoms with Crippen LogP contribution in [0.3, 0.4) is 0 Å². The van der Waals surface area contributed by atoms with Gasteiger partial charge in [0.05, 0.1) is 11.4 Å². The third kappa shape index (κ3) is 32.0. The molecule has 0 aromatic heterocycles. The Labute approximate surface area is 63.9 Å². The van der Waals surface area contributed by atoms with Crippen LogP contribution in [0, 0.1) is 39.9 Å². The summed E-state index contributed by atoms with van der Waals surface area (Å²) in [7, 11) is 0. The molecule has 0 aromatic rings. The molecule has 0 saturated carbocycles. The van der Waals surface area contributed by atoms with Gasteiger partial charge in [-0.2, -0.15) is 0 Å².